The van der Waals surface area contributed by atoms with Gasteiger partial charge in [0.05, 0.1) is 12.2 Å². The molecule has 0 saturated carbocycles. The van der Waals surface area contributed by atoms with Gasteiger partial charge in [0.1, 0.15) is 11.9 Å². The molecule has 0 atom stereocenters. The normalized spacial score (nSPS) is 10.5. The van der Waals surface area contributed by atoms with E-state index in [-0.39, 0.29) is 5.56 Å². The summed E-state index contributed by atoms with van der Waals surface area (Å²) in [5, 5.41) is 14.6. The molecule has 3 aromatic rings. The van der Waals surface area contributed by atoms with Crippen LogP contribution >= 0.6 is 0 Å². The second-order valence-corrected chi connectivity index (χ2v) is 4.60. The van der Waals surface area contributed by atoms with E-state index in [1.165, 1.54) is 12.5 Å². The Balaban J connectivity index is 1.82. The van der Waals surface area contributed by atoms with Gasteiger partial charge in [0.2, 0.25) is 0 Å². The summed E-state index contributed by atoms with van der Waals surface area (Å²) in [6.45, 7) is 0.336. The van der Waals surface area contributed by atoms with Crippen LogP contribution in [-0.4, -0.2) is 21.0 Å². The first kappa shape index (κ1) is 13.1. The number of aromatic nitrogens is 2. The molecular weight excluding hydrogens is 266 g/mol. The molecule has 0 amide bonds. The van der Waals surface area contributed by atoms with Crippen molar-refractivity contribution in [2.45, 2.75) is 6.54 Å². The summed E-state index contributed by atoms with van der Waals surface area (Å²) in [6, 6.07) is 14.1. The van der Waals surface area contributed by atoms with Crippen LogP contribution in [0.4, 0.5) is 5.69 Å². The molecule has 5 heteroatoms. The van der Waals surface area contributed by atoms with E-state index < -0.39 is 5.97 Å². The molecule has 1 aromatic heterocycles. The smallest absolute Gasteiger partial charge is 0.339 e. The average Bonchev–Trinajstić information content (AvgIpc) is 2.53. The van der Waals surface area contributed by atoms with Crippen LogP contribution in [0.5, 0.6) is 0 Å². The molecule has 0 spiro atoms. The SMILES string of the molecule is O=C(O)c1cncnc1CNc1ccc2ccccc2c1. The molecule has 0 aliphatic heterocycles. The summed E-state index contributed by atoms with van der Waals surface area (Å²) >= 11 is 0. The van der Waals surface area contributed by atoms with Gasteiger partial charge in [-0.05, 0) is 22.9 Å². The van der Waals surface area contributed by atoms with Crippen LogP contribution < -0.4 is 5.32 Å². The van der Waals surface area contributed by atoms with Crippen molar-refractivity contribution in [1.82, 2.24) is 9.97 Å². The maximum Gasteiger partial charge on any atom is 0.339 e. The highest BCUT2D eigenvalue weighted by Gasteiger charge is 2.10. The molecule has 104 valence electrons. The number of rotatable bonds is 4. The molecule has 21 heavy (non-hydrogen) atoms. The number of carboxylic acids is 1. The van der Waals surface area contributed by atoms with Gasteiger partial charge >= 0.3 is 5.97 Å². The Morgan fingerprint density at radius 2 is 1.95 bits per heavy atom. The third kappa shape index (κ3) is 2.81. The lowest BCUT2D eigenvalue weighted by atomic mass is 10.1. The number of carbonyl (C=O) groups is 1. The van der Waals surface area contributed by atoms with E-state index in [0.29, 0.717) is 12.2 Å². The Morgan fingerprint density at radius 1 is 1.14 bits per heavy atom. The van der Waals surface area contributed by atoms with E-state index in [1.807, 2.05) is 42.5 Å². The Hall–Kier alpha value is -2.95. The van der Waals surface area contributed by atoms with E-state index >= 15 is 0 Å². The fraction of sp³-hybridized carbons (Fsp3) is 0.0625. The molecule has 0 fully saturated rings. The van der Waals surface area contributed by atoms with Crippen LogP contribution in [0.3, 0.4) is 0 Å². The van der Waals surface area contributed by atoms with Crippen molar-refractivity contribution in [2.24, 2.45) is 0 Å². The van der Waals surface area contributed by atoms with Crippen LogP contribution in [0.2, 0.25) is 0 Å². The van der Waals surface area contributed by atoms with Crippen LogP contribution in [0.15, 0.2) is 55.0 Å². The van der Waals surface area contributed by atoms with Gasteiger partial charge in [-0.25, -0.2) is 14.8 Å². The lowest BCUT2D eigenvalue weighted by Crippen LogP contribution is -2.10. The number of fused-ring (bicyclic) bond motifs is 1. The zero-order chi connectivity index (χ0) is 14.7. The number of aromatic carboxylic acids is 1. The molecule has 0 unspecified atom stereocenters. The summed E-state index contributed by atoms with van der Waals surface area (Å²) in [5.41, 5.74) is 1.50. The number of carboxylic acid groups (broad SMARTS) is 1. The molecular formula is C16H13N3O2. The molecule has 2 aromatic carbocycles. The van der Waals surface area contributed by atoms with E-state index in [9.17, 15) is 4.79 Å². The first-order valence-electron chi connectivity index (χ1n) is 6.49. The van der Waals surface area contributed by atoms with Crippen LogP contribution in [0.1, 0.15) is 16.1 Å². The lowest BCUT2D eigenvalue weighted by molar-refractivity contribution is 0.0694. The highest BCUT2D eigenvalue weighted by Crippen LogP contribution is 2.19. The first-order chi connectivity index (χ1) is 10.2. The molecule has 2 N–H and O–H groups in total. The number of anilines is 1. The Labute approximate surface area is 121 Å². The molecule has 1 heterocycles. The minimum Gasteiger partial charge on any atom is -0.478 e. The van der Waals surface area contributed by atoms with Crippen molar-refractivity contribution < 1.29 is 9.90 Å². The van der Waals surface area contributed by atoms with Crippen LogP contribution in [0, 0.1) is 0 Å². The summed E-state index contributed by atoms with van der Waals surface area (Å²) in [4.78, 5) is 18.9. The van der Waals surface area contributed by atoms with Crippen LogP contribution in [0.25, 0.3) is 10.8 Å². The predicted molar refractivity (Wildman–Crippen MR) is 80.3 cm³/mol. The van der Waals surface area contributed by atoms with Crippen molar-refractivity contribution >= 4 is 22.4 Å². The third-order valence-electron chi connectivity index (χ3n) is 3.23. The number of hydrogen-bond donors (Lipinski definition) is 2. The van der Waals surface area contributed by atoms with E-state index in [0.717, 1.165) is 16.5 Å². The highest BCUT2D eigenvalue weighted by atomic mass is 16.4. The molecule has 5 nitrogen and oxygen atoms in total. The fourth-order valence-corrected chi connectivity index (χ4v) is 2.16. The van der Waals surface area contributed by atoms with E-state index in [4.69, 9.17) is 5.11 Å². The summed E-state index contributed by atoms with van der Waals surface area (Å²) in [5.74, 6) is -1.02. The van der Waals surface area contributed by atoms with Crippen molar-refractivity contribution in [3.8, 4) is 0 Å². The van der Waals surface area contributed by atoms with E-state index in [2.05, 4.69) is 15.3 Å². The van der Waals surface area contributed by atoms with Gasteiger partial charge in [0.15, 0.2) is 0 Å². The predicted octanol–water partition coefficient (Wildman–Crippen LogP) is 2.94. The van der Waals surface area contributed by atoms with Crippen molar-refractivity contribution in [2.75, 3.05) is 5.32 Å². The van der Waals surface area contributed by atoms with Gasteiger partial charge < -0.3 is 10.4 Å². The van der Waals surface area contributed by atoms with Gasteiger partial charge in [-0.3, -0.25) is 0 Å². The topological polar surface area (TPSA) is 75.1 Å². The van der Waals surface area contributed by atoms with Crippen LogP contribution in [-0.2, 0) is 6.54 Å². The van der Waals surface area contributed by atoms with Crippen molar-refractivity contribution in [3.63, 3.8) is 0 Å². The quantitative estimate of drug-likeness (QED) is 0.768. The van der Waals surface area contributed by atoms with Gasteiger partial charge in [0.25, 0.3) is 0 Å². The zero-order valence-electron chi connectivity index (χ0n) is 11.2. The molecule has 0 radical (unpaired) electrons. The number of nitrogens with zero attached hydrogens (tertiary/aromatic N) is 2. The summed E-state index contributed by atoms with van der Waals surface area (Å²) in [6.07, 6.45) is 2.66. The summed E-state index contributed by atoms with van der Waals surface area (Å²) < 4.78 is 0. The number of hydrogen-bond acceptors (Lipinski definition) is 4. The van der Waals surface area contributed by atoms with Gasteiger partial charge in [-0.2, -0.15) is 0 Å². The Morgan fingerprint density at radius 3 is 2.76 bits per heavy atom. The highest BCUT2D eigenvalue weighted by molar-refractivity contribution is 5.88. The Bertz CT molecular complexity index is 802. The maximum atomic E-state index is 11.1. The third-order valence-corrected chi connectivity index (χ3v) is 3.23. The van der Waals surface area contributed by atoms with Gasteiger partial charge in [-0.1, -0.05) is 30.3 Å². The van der Waals surface area contributed by atoms with Gasteiger partial charge in [0, 0.05) is 11.9 Å². The first-order valence-corrected chi connectivity index (χ1v) is 6.49. The summed E-state index contributed by atoms with van der Waals surface area (Å²) in [7, 11) is 0. The van der Waals surface area contributed by atoms with Gasteiger partial charge in [-0.15, -0.1) is 0 Å². The zero-order valence-corrected chi connectivity index (χ0v) is 11.2. The second kappa shape index (κ2) is 5.58. The maximum absolute atomic E-state index is 11.1. The molecule has 3 rings (SSSR count). The second-order valence-electron chi connectivity index (χ2n) is 4.60. The van der Waals surface area contributed by atoms with Crippen molar-refractivity contribution in [1.29, 1.82) is 0 Å². The monoisotopic (exact) mass is 279 g/mol. The molecule has 0 saturated heterocycles. The molecule has 0 aliphatic rings. The van der Waals surface area contributed by atoms with Crippen molar-refractivity contribution in [3.05, 3.63) is 66.2 Å². The van der Waals surface area contributed by atoms with E-state index in [1.54, 1.807) is 0 Å². The minimum absolute atomic E-state index is 0.116. The molecule has 0 aliphatic carbocycles. The number of nitrogens with one attached hydrogen (secondary N) is 1. The fourth-order valence-electron chi connectivity index (χ4n) is 2.16. The largest absolute Gasteiger partial charge is 0.478 e. The Kier molecular flexibility index (Phi) is 3.47. The lowest BCUT2D eigenvalue weighted by Gasteiger charge is -2.08. The molecule has 0 bridgehead atoms. The minimum atomic E-state index is -1.02. The standard InChI is InChI=1S/C16H13N3O2/c20-16(21)14-8-17-10-19-15(14)9-18-13-6-5-11-3-1-2-4-12(11)7-13/h1-8,10,18H,9H2,(H,20,21). The average molecular weight is 279 g/mol. The number of benzene rings is 2.